The lowest BCUT2D eigenvalue weighted by Gasteiger charge is -2.12. The van der Waals surface area contributed by atoms with Gasteiger partial charge in [-0.05, 0) is 55.0 Å². The van der Waals surface area contributed by atoms with Crippen LogP contribution in [0.2, 0.25) is 0 Å². The number of anilines is 2. The van der Waals surface area contributed by atoms with Gasteiger partial charge in [-0.15, -0.1) is 0 Å². The maximum absolute atomic E-state index is 12.6. The summed E-state index contributed by atoms with van der Waals surface area (Å²) in [5.41, 5.74) is 5.30. The standard InChI is InChI=1S/C27H26N4O3/c1-18-14-25(23-10-2-3-11-24(23)30-18)31-22-9-5-7-20(16-22)26(32)29-13-12-28-17-19-6-4-8-21(15-19)27(33)34/h2-11,14-16,28H,12-13,17H2,1H3,(H,29,32)(H,30,31)(H,33,34). The zero-order valence-corrected chi connectivity index (χ0v) is 18.8. The molecule has 1 amide bonds. The number of para-hydroxylation sites is 1. The number of amides is 1. The first-order chi connectivity index (χ1) is 16.5. The summed E-state index contributed by atoms with van der Waals surface area (Å²) in [6.07, 6.45) is 0. The molecule has 7 heteroatoms. The number of fused-ring (bicyclic) bond motifs is 1. The number of carboxylic acids is 1. The molecule has 4 aromatic rings. The van der Waals surface area contributed by atoms with Crippen molar-refractivity contribution < 1.29 is 14.7 Å². The van der Waals surface area contributed by atoms with E-state index >= 15 is 0 Å². The molecule has 0 spiro atoms. The van der Waals surface area contributed by atoms with Gasteiger partial charge in [0.05, 0.1) is 11.1 Å². The number of hydrogen-bond acceptors (Lipinski definition) is 5. The third kappa shape index (κ3) is 5.76. The fourth-order valence-corrected chi connectivity index (χ4v) is 3.72. The second kappa shape index (κ2) is 10.6. The Kier molecular flexibility index (Phi) is 7.15. The summed E-state index contributed by atoms with van der Waals surface area (Å²) in [7, 11) is 0. The molecule has 0 bridgehead atoms. The fraction of sp³-hybridized carbons (Fsp3) is 0.148. The van der Waals surface area contributed by atoms with Gasteiger partial charge in [-0.3, -0.25) is 9.78 Å². The summed E-state index contributed by atoms with van der Waals surface area (Å²) >= 11 is 0. The topological polar surface area (TPSA) is 103 Å². The van der Waals surface area contributed by atoms with E-state index in [9.17, 15) is 9.59 Å². The lowest BCUT2D eigenvalue weighted by atomic mass is 10.1. The highest BCUT2D eigenvalue weighted by Gasteiger charge is 2.08. The summed E-state index contributed by atoms with van der Waals surface area (Å²) in [5, 5.41) is 19.6. The van der Waals surface area contributed by atoms with Crippen LogP contribution in [0.3, 0.4) is 0 Å². The number of carbonyl (C=O) groups excluding carboxylic acids is 1. The number of benzene rings is 3. The molecular formula is C27H26N4O3. The highest BCUT2D eigenvalue weighted by atomic mass is 16.4. The molecule has 0 unspecified atom stereocenters. The Morgan fingerprint density at radius 2 is 1.68 bits per heavy atom. The normalized spacial score (nSPS) is 10.7. The van der Waals surface area contributed by atoms with Crippen LogP contribution in [0, 0.1) is 6.92 Å². The van der Waals surface area contributed by atoms with Crippen molar-refractivity contribution in [2.75, 3.05) is 18.4 Å². The third-order valence-electron chi connectivity index (χ3n) is 5.34. The highest BCUT2D eigenvalue weighted by molar-refractivity contribution is 5.96. The fourth-order valence-electron chi connectivity index (χ4n) is 3.72. The summed E-state index contributed by atoms with van der Waals surface area (Å²) in [6.45, 7) is 3.49. The number of carbonyl (C=O) groups is 2. The van der Waals surface area contributed by atoms with Crippen LogP contribution < -0.4 is 16.0 Å². The molecular weight excluding hydrogens is 428 g/mol. The van der Waals surface area contributed by atoms with Crippen molar-refractivity contribution in [1.29, 1.82) is 0 Å². The average Bonchev–Trinajstić information content (AvgIpc) is 2.84. The molecule has 1 aromatic heterocycles. The van der Waals surface area contributed by atoms with E-state index < -0.39 is 5.97 Å². The summed E-state index contributed by atoms with van der Waals surface area (Å²) < 4.78 is 0. The predicted molar refractivity (Wildman–Crippen MR) is 134 cm³/mol. The van der Waals surface area contributed by atoms with Crippen molar-refractivity contribution in [2.24, 2.45) is 0 Å². The number of rotatable bonds is 9. The smallest absolute Gasteiger partial charge is 0.335 e. The van der Waals surface area contributed by atoms with Crippen molar-refractivity contribution >= 4 is 34.2 Å². The minimum atomic E-state index is -0.946. The quantitative estimate of drug-likeness (QED) is 0.278. The van der Waals surface area contributed by atoms with Gasteiger partial charge in [0.2, 0.25) is 0 Å². The van der Waals surface area contributed by atoms with E-state index in [0.717, 1.165) is 33.5 Å². The molecule has 172 valence electrons. The van der Waals surface area contributed by atoms with Crippen molar-refractivity contribution in [1.82, 2.24) is 15.6 Å². The molecule has 0 aliphatic carbocycles. The first kappa shape index (κ1) is 22.9. The van der Waals surface area contributed by atoms with E-state index in [1.54, 1.807) is 24.3 Å². The van der Waals surface area contributed by atoms with Gasteiger partial charge < -0.3 is 21.1 Å². The molecule has 0 saturated carbocycles. The first-order valence-electron chi connectivity index (χ1n) is 11.0. The molecule has 3 aromatic carbocycles. The van der Waals surface area contributed by atoms with Gasteiger partial charge >= 0.3 is 5.97 Å². The maximum atomic E-state index is 12.6. The Balaban J connectivity index is 1.32. The van der Waals surface area contributed by atoms with Crippen LogP contribution in [-0.2, 0) is 6.54 Å². The number of carboxylic acid groups (broad SMARTS) is 1. The number of nitrogens with zero attached hydrogens (tertiary/aromatic N) is 1. The zero-order valence-electron chi connectivity index (χ0n) is 18.8. The largest absolute Gasteiger partial charge is 0.478 e. The summed E-state index contributed by atoms with van der Waals surface area (Å²) in [5.74, 6) is -1.10. The number of pyridine rings is 1. The van der Waals surface area contributed by atoms with Crippen LogP contribution in [0.15, 0.2) is 78.9 Å². The van der Waals surface area contributed by atoms with Crippen molar-refractivity contribution in [2.45, 2.75) is 13.5 Å². The summed E-state index contributed by atoms with van der Waals surface area (Å²) in [6, 6.07) is 24.1. The van der Waals surface area contributed by atoms with E-state index in [4.69, 9.17) is 5.11 Å². The molecule has 0 fully saturated rings. The van der Waals surface area contributed by atoms with Crippen LogP contribution in [-0.4, -0.2) is 35.1 Å². The second-order valence-electron chi connectivity index (χ2n) is 7.97. The van der Waals surface area contributed by atoms with Gasteiger partial charge in [-0.1, -0.05) is 36.4 Å². The highest BCUT2D eigenvalue weighted by Crippen LogP contribution is 2.26. The SMILES string of the molecule is Cc1cc(Nc2cccc(C(=O)NCCNCc3cccc(C(=O)O)c3)c2)c2ccccc2n1. The van der Waals surface area contributed by atoms with E-state index in [-0.39, 0.29) is 11.5 Å². The van der Waals surface area contributed by atoms with Crippen molar-refractivity contribution in [3.05, 3.63) is 101 Å². The minimum Gasteiger partial charge on any atom is -0.478 e. The van der Waals surface area contributed by atoms with Gasteiger partial charge in [-0.25, -0.2) is 4.79 Å². The van der Waals surface area contributed by atoms with Gasteiger partial charge in [0, 0.05) is 47.7 Å². The Morgan fingerprint density at radius 1 is 0.882 bits per heavy atom. The Hall–Kier alpha value is -4.23. The average molecular weight is 455 g/mol. The van der Waals surface area contributed by atoms with Crippen LogP contribution in [0.5, 0.6) is 0 Å². The zero-order chi connectivity index (χ0) is 23.9. The van der Waals surface area contributed by atoms with Gasteiger partial charge in [0.15, 0.2) is 0 Å². The van der Waals surface area contributed by atoms with Gasteiger partial charge in [-0.2, -0.15) is 0 Å². The van der Waals surface area contributed by atoms with Crippen LogP contribution in [0.4, 0.5) is 11.4 Å². The molecule has 1 heterocycles. The van der Waals surface area contributed by atoms with Crippen LogP contribution in [0.25, 0.3) is 10.9 Å². The van der Waals surface area contributed by atoms with Crippen molar-refractivity contribution in [3.8, 4) is 0 Å². The van der Waals surface area contributed by atoms with Crippen molar-refractivity contribution in [3.63, 3.8) is 0 Å². The second-order valence-corrected chi connectivity index (χ2v) is 7.97. The van der Waals surface area contributed by atoms with E-state index in [2.05, 4.69) is 20.9 Å². The molecule has 0 saturated heterocycles. The molecule has 0 radical (unpaired) electrons. The monoisotopic (exact) mass is 454 g/mol. The number of aryl methyl sites for hydroxylation is 1. The number of aromatic nitrogens is 1. The Bertz CT molecular complexity index is 1340. The first-order valence-corrected chi connectivity index (χ1v) is 11.0. The minimum absolute atomic E-state index is 0.158. The van der Waals surface area contributed by atoms with Crippen LogP contribution in [0.1, 0.15) is 32.0 Å². The van der Waals surface area contributed by atoms with Gasteiger partial charge in [0.25, 0.3) is 5.91 Å². The predicted octanol–water partition coefficient (Wildman–Crippen LogP) is 4.50. The number of nitrogens with one attached hydrogen (secondary N) is 3. The van der Waals surface area contributed by atoms with Crippen LogP contribution >= 0.6 is 0 Å². The molecule has 0 aliphatic rings. The lowest BCUT2D eigenvalue weighted by Crippen LogP contribution is -2.31. The Labute approximate surface area is 197 Å². The number of hydrogen-bond donors (Lipinski definition) is 4. The van der Waals surface area contributed by atoms with Gasteiger partial charge in [0.1, 0.15) is 0 Å². The van der Waals surface area contributed by atoms with E-state index in [1.165, 1.54) is 0 Å². The molecule has 0 aliphatic heterocycles. The third-order valence-corrected chi connectivity index (χ3v) is 5.34. The van der Waals surface area contributed by atoms with E-state index in [1.807, 2.05) is 61.5 Å². The molecule has 4 rings (SSSR count). The molecule has 7 nitrogen and oxygen atoms in total. The molecule has 4 N–H and O–H groups in total. The molecule has 34 heavy (non-hydrogen) atoms. The maximum Gasteiger partial charge on any atom is 0.335 e. The summed E-state index contributed by atoms with van der Waals surface area (Å²) in [4.78, 5) is 28.3. The lowest BCUT2D eigenvalue weighted by molar-refractivity contribution is 0.0696. The Morgan fingerprint density at radius 3 is 2.53 bits per heavy atom. The number of aromatic carboxylic acids is 1. The van der Waals surface area contributed by atoms with E-state index in [0.29, 0.717) is 25.2 Å². The molecule has 0 atom stereocenters.